The Labute approximate surface area is 133 Å². The van der Waals surface area contributed by atoms with Crippen LogP contribution >= 0.6 is 11.3 Å². The van der Waals surface area contributed by atoms with Gasteiger partial charge in [-0.05, 0) is 13.3 Å². The Hall–Kier alpha value is -1.73. The fourth-order valence-electron chi connectivity index (χ4n) is 2.37. The molecule has 1 fully saturated rings. The van der Waals surface area contributed by atoms with Crippen molar-refractivity contribution in [3.8, 4) is 10.6 Å². The van der Waals surface area contributed by atoms with Gasteiger partial charge in [-0.1, -0.05) is 29.8 Å². The molecule has 1 amide bonds. The summed E-state index contributed by atoms with van der Waals surface area (Å²) in [6.07, 6.45) is 0.475. The zero-order valence-corrected chi connectivity index (χ0v) is 13.7. The minimum atomic E-state index is -3.00. The molecular weight excluding hydrogens is 320 g/mol. The highest BCUT2D eigenvalue weighted by atomic mass is 32.2. The third-order valence-corrected chi connectivity index (χ3v) is 6.26. The molecule has 2 heterocycles. The van der Waals surface area contributed by atoms with E-state index in [9.17, 15) is 13.2 Å². The Morgan fingerprint density at radius 2 is 2.05 bits per heavy atom. The van der Waals surface area contributed by atoms with Gasteiger partial charge >= 0.3 is 0 Å². The lowest BCUT2D eigenvalue weighted by Crippen LogP contribution is -2.35. The predicted molar refractivity (Wildman–Crippen MR) is 86.8 cm³/mol. The highest BCUT2D eigenvalue weighted by Gasteiger charge is 2.29. The molecule has 0 bridgehead atoms. The zero-order valence-electron chi connectivity index (χ0n) is 12.1. The van der Waals surface area contributed by atoms with Gasteiger partial charge in [0.05, 0.1) is 11.5 Å². The summed E-state index contributed by atoms with van der Waals surface area (Å²) in [6.45, 7) is 2.01. The number of thiazole rings is 1. The monoisotopic (exact) mass is 336 g/mol. The highest BCUT2D eigenvalue weighted by molar-refractivity contribution is 7.91. The van der Waals surface area contributed by atoms with Crippen LogP contribution in [0.2, 0.25) is 0 Å². The van der Waals surface area contributed by atoms with Crippen molar-refractivity contribution in [2.75, 3.05) is 11.5 Å². The van der Waals surface area contributed by atoms with Crippen LogP contribution in [0.4, 0.5) is 0 Å². The number of rotatable bonds is 3. The van der Waals surface area contributed by atoms with Crippen LogP contribution < -0.4 is 5.32 Å². The Morgan fingerprint density at radius 1 is 1.32 bits per heavy atom. The first-order chi connectivity index (χ1) is 10.4. The Kier molecular flexibility index (Phi) is 4.01. The third kappa shape index (κ3) is 3.36. The molecule has 2 aromatic rings. The first-order valence-corrected chi connectivity index (χ1v) is 9.67. The minimum Gasteiger partial charge on any atom is -0.347 e. The van der Waals surface area contributed by atoms with Gasteiger partial charge in [0.2, 0.25) is 0 Å². The van der Waals surface area contributed by atoms with Crippen molar-refractivity contribution in [3.05, 3.63) is 40.9 Å². The van der Waals surface area contributed by atoms with Crippen LogP contribution in [0.3, 0.4) is 0 Å². The largest absolute Gasteiger partial charge is 0.347 e. The number of nitrogens with one attached hydrogen (secondary N) is 1. The number of amides is 1. The van der Waals surface area contributed by atoms with Gasteiger partial charge < -0.3 is 5.32 Å². The average molecular weight is 336 g/mol. The van der Waals surface area contributed by atoms with E-state index in [1.807, 2.05) is 31.2 Å². The van der Waals surface area contributed by atoms with Gasteiger partial charge in [-0.25, -0.2) is 13.4 Å². The molecule has 5 nitrogen and oxygen atoms in total. The molecule has 0 unspecified atom stereocenters. The second-order valence-electron chi connectivity index (χ2n) is 5.48. The number of aryl methyl sites for hydroxylation is 1. The van der Waals surface area contributed by atoms with Gasteiger partial charge in [0, 0.05) is 17.0 Å². The van der Waals surface area contributed by atoms with Gasteiger partial charge in [-0.2, -0.15) is 0 Å². The van der Waals surface area contributed by atoms with Crippen molar-refractivity contribution < 1.29 is 13.2 Å². The van der Waals surface area contributed by atoms with E-state index in [0.29, 0.717) is 12.1 Å². The highest BCUT2D eigenvalue weighted by Crippen LogP contribution is 2.24. The molecule has 0 aliphatic carbocycles. The fourth-order valence-corrected chi connectivity index (χ4v) is 4.85. The first kappa shape index (κ1) is 15.2. The van der Waals surface area contributed by atoms with Crippen molar-refractivity contribution in [1.82, 2.24) is 10.3 Å². The van der Waals surface area contributed by atoms with Crippen LogP contribution in [-0.4, -0.2) is 36.9 Å². The lowest BCUT2D eigenvalue weighted by Gasteiger charge is -2.08. The van der Waals surface area contributed by atoms with Gasteiger partial charge in [0.25, 0.3) is 5.91 Å². The number of carbonyl (C=O) groups is 1. The maximum Gasteiger partial charge on any atom is 0.271 e. The molecule has 1 aliphatic rings. The van der Waals surface area contributed by atoms with Crippen molar-refractivity contribution in [1.29, 1.82) is 0 Å². The number of carbonyl (C=O) groups excluding carboxylic acids is 1. The first-order valence-electron chi connectivity index (χ1n) is 6.97. The topological polar surface area (TPSA) is 76.1 Å². The van der Waals surface area contributed by atoms with E-state index in [-0.39, 0.29) is 23.5 Å². The Morgan fingerprint density at radius 3 is 2.68 bits per heavy atom. The molecule has 22 heavy (non-hydrogen) atoms. The lowest BCUT2D eigenvalue weighted by molar-refractivity contribution is 0.0937. The van der Waals surface area contributed by atoms with Crippen LogP contribution in [0.25, 0.3) is 10.6 Å². The molecule has 1 aliphatic heterocycles. The Bertz CT molecular complexity index is 794. The van der Waals surface area contributed by atoms with Gasteiger partial charge in [0.15, 0.2) is 9.84 Å². The van der Waals surface area contributed by atoms with Gasteiger partial charge in [-0.3, -0.25) is 4.79 Å². The van der Waals surface area contributed by atoms with Crippen molar-refractivity contribution in [3.63, 3.8) is 0 Å². The molecule has 1 atom stereocenters. The molecule has 1 saturated heterocycles. The molecule has 7 heteroatoms. The number of benzene rings is 1. The molecule has 1 N–H and O–H groups in total. The van der Waals surface area contributed by atoms with E-state index in [4.69, 9.17) is 0 Å². The molecule has 1 aromatic carbocycles. The summed E-state index contributed by atoms with van der Waals surface area (Å²) in [4.78, 5) is 16.5. The molecule has 116 valence electrons. The van der Waals surface area contributed by atoms with E-state index in [2.05, 4.69) is 10.3 Å². The van der Waals surface area contributed by atoms with E-state index >= 15 is 0 Å². The quantitative estimate of drug-likeness (QED) is 0.930. The van der Waals surface area contributed by atoms with Crippen LogP contribution in [-0.2, 0) is 9.84 Å². The summed E-state index contributed by atoms with van der Waals surface area (Å²) in [7, 11) is -3.00. The Balaban J connectivity index is 1.71. The average Bonchev–Trinajstić information content (AvgIpc) is 3.06. The van der Waals surface area contributed by atoms with E-state index in [0.717, 1.165) is 10.6 Å². The molecule has 1 aromatic heterocycles. The molecule has 0 radical (unpaired) electrons. The summed E-state index contributed by atoms with van der Waals surface area (Å²) in [5.74, 6) is -0.145. The second kappa shape index (κ2) is 5.81. The van der Waals surface area contributed by atoms with Gasteiger partial charge in [-0.15, -0.1) is 11.3 Å². The number of aromatic nitrogens is 1. The SMILES string of the molecule is Cc1ccc(-c2nc(C(=O)N[C@H]3CCS(=O)(=O)C3)cs2)cc1. The van der Waals surface area contributed by atoms with E-state index in [1.165, 1.54) is 16.9 Å². The molecular formula is C15H16N2O3S2. The number of hydrogen-bond acceptors (Lipinski definition) is 5. The molecule has 3 rings (SSSR count). The molecule has 0 spiro atoms. The van der Waals surface area contributed by atoms with E-state index in [1.54, 1.807) is 5.38 Å². The van der Waals surface area contributed by atoms with Crippen molar-refractivity contribution in [2.45, 2.75) is 19.4 Å². The van der Waals surface area contributed by atoms with Crippen LogP contribution in [0.5, 0.6) is 0 Å². The van der Waals surface area contributed by atoms with Gasteiger partial charge in [0.1, 0.15) is 10.7 Å². The molecule has 0 saturated carbocycles. The fraction of sp³-hybridized carbons (Fsp3) is 0.333. The smallest absolute Gasteiger partial charge is 0.271 e. The second-order valence-corrected chi connectivity index (χ2v) is 8.56. The van der Waals surface area contributed by atoms with Crippen molar-refractivity contribution >= 4 is 27.1 Å². The minimum absolute atomic E-state index is 0.0215. The summed E-state index contributed by atoms with van der Waals surface area (Å²) in [5, 5.41) is 5.23. The standard InChI is InChI=1S/C15H16N2O3S2/c1-10-2-4-11(5-3-10)15-17-13(8-21-15)14(18)16-12-6-7-22(19,20)9-12/h2-5,8,12H,6-7,9H2,1H3,(H,16,18)/t12-/m0/s1. The maximum atomic E-state index is 12.1. The van der Waals surface area contributed by atoms with Crippen molar-refractivity contribution in [2.24, 2.45) is 0 Å². The number of sulfone groups is 1. The third-order valence-electron chi connectivity index (χ3n) is 3.60. The summed E-state index contributed by atoms with van der Waals surface area (Å²) in [5.41, 5.74) is 2.48. The summed E-state index contributed by atoms with van der Waals surface area (Å²) in [6, 6.07) is 7.64. The maximum absolute atomic E-state index is 12.1. The summed E-state index contributed by atoms with van der Waals surface area (Å²) >= 11 is 1.40. The van der Waals surface area contributed by atoms with Crippen LogP contribution in [0.1, 0.15) is 22.5 Å². The number of nitrogens with zero attached hydrogens (tertiary/aromatic N) is 1. The normalized spacial score (nSPS) is 20.0. The summed E-state index contributed by atoms with van der Waals surface area (Å²) < 4.78 is 22.8. The van der Waals surface area contributed by atoms with E-state index < -0.39 is 9.84 Å². The lowest BCUT2D eigenvalue weighted by atomic mass is 10.2. The number of hydrogen-bond donors (Lipinski definition) is 1. The predicted octanol–water partition coefficient (Wildman–Crippen LogP) is 2.04. The van der Waals surface area contributed by atoms with Crippen LogP contribution in [0, 0.1) is 6.92 Å². The zero-order chi connectivity index (χ0) is 15.7. The van der Waals surface area contributed by atoms with Crippen LogP contribution in [0.15, 0.2) is 29.6 Å².